The van der Waals surface area contributed by atoms with Crippen LogP contribution in [0.2, 0.25) is 0 Å². The number of para-hydroxylation sites is 3. The summed E-state index contributed by atoms with van der Waals surface area (Å²) in [6, 6.07) is 17.6. The number of rotatable bonds is 5. The van der Waals surface area contributed by atoms with Crippen molar-refractivity contribution in [2.75, 3.05) is 18.8 Å². The summed E-state index contributed by atoms with van der Waals surface area (Å²) < 4.78 is 11.9. The van der Waals surface area contributed by atoms with E-state index in [0.717, 1.165) is 40.6 Å². The van der Waals surface area contributed by atoms with Crippen LogP contribution in [0.15, 0.2) is 70.4 Å². The molecule has 152 valence electrons. The molecule has 0 atom stereocenters. The van der Waals surface area contributed by atoms with Gasteiger partial charge in [-0.25, -0.2) is 4.98 Å². The second kappa shape index (κ2) is 8.36. The summed E-state index contributed by atoms with van der Waals surface area (Å²) in [5.74, 6) is 1.24. The van der Waals surface area contributed by atoms with Gasteiger partial charge in [-0.05, 0) is 24.3 Å². The highest BCUT2D eigenvalue weighted by Gasteiger charge is 2.25. The van der Waals surface area contributed by atoms with Gasteiger partial charge >= 0.3 is 0 Å². The molecule has 3 heterocycles. The number of oxazole rings is 1. The molecule has 0 aliphatic carbocycles. The molecule has 0 bridgehead atoms. The highest BCUT2D eigenvalue weighted by Crippen LogP contribution is 2.27. The van der Waals surface area contributed by atoms with Crippen molar-refractivity contribution >= 4 is 39.7 Å². The van der Waals surface area contributed by atoms with Gasteiger partial charge in [0.05, 0.1) is 5.75 Å². The molecule has 5 rings (SSSR count). The number of piperidine rings is 1. The predicted molar refractivity (Wildman–Crippen MR) is 117 cm³/mol. The lowest BCUT2D eigenvalue weighted by atomic mass is 10.1. The number of ether oxygens (including phenoxy) is 1. The van der Waals surface area contributed by atoms with Crippen LogP contribution in [-0.2, 0) is 4.79 Å². The van der Waals surface area contributed by atoms with Crippen LogP contribution in [-0.4, -0.2) is 45.7 Å². The molecule has 1 fully saturated rings. The number of hydrogen-bond donors (Lipinski definition) is 0. The number of amides is 1. The first kappa shape index (κ1) is 18.9. The zero-order valence-corrected chi connectivity index (χ0v) is 17.2. The van der Waals surface area contributed by atoms with E-state index in [9.17, 15) is 4.79 Å². The van der Waals surface area contributed by atoms with Crippen LogP contribution in [0.5, 0.6) is 5.75 Å². The minimum Gasteiger partial charge on any atom is -0.488 e. The Morgan fingerprint density at radius 1 is 1.10 bits per heavy atom. The van der Waals surface area contributed by atoms with Gasteiger partial charge in [0, 0.05) is 37.5 Å². The van der Waals surface area contributed by atoms with Crippen molar-refractivity contribution in [2.45, 2.75) is 24.2 Å². The van der Waals surface area contributed by atoms with Gasteiger partial charge < -0.3 is 14.1 Å². The standard InChI is InChI=1S/C23H21N3O3S/c27-21(15-30-23-25-18-7-1-2-8-19(18)29-23)26-13-10-17(11-14-26)28-20-9-3-5-16-6-4-12-24-22(16)20/h1-9,12,17H,10-11,13-15H2. The van der Waals surface area contributed by atoms with Crippen molar-refractivity contribution in [1.82, 2.24) is 14.9 Å². The molecule has 1 amide bonds. The molecule has 4 aromatic rings. The van der Waals surface area contributed by atoms with Gasteiger partial charge in [0.1, 0.15) is 22.9 Å². The molecule has 0 spiro atoms. The number of pyridine rings is 1. The molecule has 0 N–H and O–H groups in total. The van der Waals surface area contributed by atoms with Crippen molar-refractivity contribution in [2.24, 2.45) is 0 Å². The summed E-state index contributed by atoms with van der Waals surface area (Å²) in [6.07, 6.45) is 3.49. The van der Waals surface area contributed by atoms with Crippen LogP contribution in [0, 0.1) is 0 Å². The molecular weight excluding hydrogens is 398 g/mol. The van der Waals surface area contributed by atoms with E-state index in [-0.39, 0.29) is 12.0 Å². The van der Waals surface area contributed by atoms with Gasteiger partial charge in [-0.3, -0.25) is 9.78 Å². The first-order chi connectivity index (χ1) is 14.8. The van der Waals surface area contributed by atoms with Crippen LogP contribution in [0.3, 0.4) is 0 Å². The lowest BCUT2D eigenvalue weighted by molar-refractivity contribution is -0.130. The maximum Gasteiger partial charge on any atom is 0.257 e. The second-order valence-corrected chi connectivity index (χ2v) is 8.19. The van der Waals surface area contributed by atoms with Crippen molar-refractivity contribution < 1.29 is 13.9 Å². The minimum atomic E-state index is 0.0892. The Morgan fingerprint density at radius 3 is 2.80 bits per heavy atom. The summed E-state index contributed by atoms with van der Waals surface area (Å²) in [7, 11) is 0. The molecule has 1 aliphatic heterocycles. The van der Waals surface area contributed by atoms with E-state index in [0.29, 0.717) is 24.1 Å². The van der Waals surface area contributed by atoms with Crippen LogP contribution in [0.1, 0.15) is 12.8 Å². The largest absolute Gasteiger partial charge is 0.488 e. The minimum absolute atomic E-state index is 0.0892. The molecule has 2 aromatic heterocycles. The molecule has 6 nitrogen and oxygen atoms in total. The average Bonchev–Trinajstić information content (AvgIpc) is 3.21. The fourth-order valence-corrected chi connectivity index (χ4v) is 4.44. The number of aromatic nitrogens is 2. The van der Waals surface area contributed by atoms with Crippen molar-refractivity contribution in [3.8, 4) is 5.75 Å². The molecule has 0 unspecified atom stereocenters. The Bertz CT molecular complexity index is 1150. The first-order valence-electron chi connectivity index (χ1n) is 10.0. The van der Waals surface area contributed by atoms with Crippen molar-refractivity contribution in [3.05, 3.63) is 60.8 Å². The number of carbonyl (C=O) groups excluding carboxylic acids is 1. The third kappa shape index (κ3) is 3.98. The van der Waals surface area contributed by atoms with Crippen LogP contribution >= 0.6 is 11.8 Å². The Hall–Kier alpha value is -3.06. The van der Waals surface area contributed by atoms with E-state index in [1.807, 2.05) is 59.5 Å². The van der Waals surface area contributed by atoms with Crippen LogP contribution in [0.4, 0.5) is 0 Å². The van der Waals surface area contributed by atoms with Crippen LogP contribution in [0.25, 0.3) is 22.0 Å². The molecule has 30 heavy (non-hydrogen) atoms. The summed E-state index contributed by atoms with van der Waals surface area (Å²) in [6.45, 7) is 1.38. The van der Waals surface area contributed by atoms with Crippen molar-refractivity contribution in [1.29, 1.82) is 0 Å². The van der Waals surface area contributed by atoms with E-state index in [4.69, 9.17) is 9.15 Å². The fraction of sp³-hybridized carbons (Fsp3) is 0.261. The van der Waals surface area contributed by atoms with Gasteiger partial charge in [-0.15, -0.1) is 0 Å². The van der Waals surface area contributed by atoms with Gasteiger partial charge in [0.15, 0.2) is 5.58 Å². The van der Waals surface area contributed by atoms with E-state index < -0.39 is 0 Å². The topological polar surface area (TPSA) is 68.5 Å². The highest BCUT2D eigenvalue weighted by molar-refractivity contribution is 7.99. The molecule has 0 saturated carbocycles. The third-order valence-corrected chi connectivity index (χ3v) is 6.09. The normalized spacial score (nSPS) is 15.0. The molecule has 7 heteroatoms. The maximum absolute atomic E-state index is 12.6. The second-order valence-electron chi connectivity index (χ2n) is 7.27. The third-order valence-electron chi connectivity index (χ3n) is 5.28. The Morgan fingerprint density at radius 2 is 1.93 bits per heavy atom. The Kier molecular flexibility index (Phi) is 5.27. The van der Waals surface area contributed by atoms with E-state index >= 15 is 0 Å². The van der Waals surface area contributed by atoms with E-state index in [1.54, 1.807) is 6.20 Å². The monoisotopic (exact) mass is 419 g/mol. The molecule has 0 radical (unpaired) electrons. The van der Waals surface area contributed by atoms with Crippen LogP contribution < -0.4 is 4.74 Å². The molecular formula is C23H21N3O3S. The molecule has 1 saturated heterocycles. The van der Waals surface area contributed by atoms with Gasteiger partial charge in [0.25, 0.3) is 5.22 Å². The SMILES string of the molecule is O=C(CSc1nc2ccccc2o1)N1CCC(Oc2cccc3cccnc23)CC1. The number of benzene rings is 2. The van der Waals surface area contributed by atoms with E-state index in [2.05, 4.69) is 9.97 Å². The number of hydrogen-bond acceptors (Lipinski definition) is 6. The first-order valence-corrected chi connectivity index (χ1v) is 11.0. The molecule has 2 aromatic carbocycles. The van der Waals surface area contributed by atoms with E-state index in [1.165, 1.54) is 11.8 Å². The fourth-order valence-electron chi connectivity index (χ4n) is 3.70. The summed E-state index contributed by atoms with van der Waals surface area (Å²) >= 11 is 1.34. The molecule has 1 aliphatic rings. The average molecular weight is 420 g/mol. The van der Waals surface area contributed by atoms with Gasteiger partial charge in [0.2, 0.25) is 5.91 Å². The lowest BCUT2D eigenvalue weighted by Gasteiger charge is -2.32. The lowest BCUT2D eigenvalue weighted by Crippen LogP contribution is -2.42. The van der Waals surface area contributed by atoms with Gasteiger partial charge in [-0.2, -0.15) is 0 Å². The Labute approximate surface area is 178 Å². The zero-order valence-electron chi connectivity index (χ0n) is 16.4. The zero-order chi connectivity index (χ0) is 20.3. The number of thioether (sulfide) groups is 1. The maximum atomic E-state index is 12.6. The highest BCUT2D eigenvalue weighted by atomic mass is 32.2. The summed E-state index contributed by atoms with van der Waals surface area (Å²) in [4.78, 5) is 23.4. The number of fused-ring (bicyclic) bond motifs is 2. The van der Waals surface area contributed by atoms with Crippen molar-refractivity contribution in [3.63, 3.8) is 0 Å². The Balaban J connectivity index is 1.15. The predicted octanol–water partition coefficient (Wildman–Crippen LogP) is 4.54. The summed E-state index contributed by atoms with van der Waals surface area (Å²) in [5, 5.41) is 1.60. The number of nitrogens with zero attached hydrogens (tertiary/aromatic N) is 3. The smallest absolute Gasteiger partial charge is 0.257 e. The summed E-state index contributed by atoms with van der Waals surface area (Å²) in [5.41, 5.74) is 2.44. The van der Waals surface area contributed by atoms with Gasteiger partial charge in [-0.1, -0.05) is 42.1 Å². The quantitative estimate of drug-likeness (QED) is 0.443. The number of carbonyl (C=O) groups is 1. The number of likely N-dealkylation sites (tertiary alicyclic amines) is 1.